The first-order valence-corrected chi connectivity index (χ1v) is 11.8. The van der Waals surface area contributed by atoms with Crippen molar-refractivity contribution >= 4 is 29.2 Å². The van der Waals surface area contributed by atoms with Gasteiger partial charge >= 0.3 is 5.97 Å². The minimum Gasteiger partial charge on any atom is -0.452 e. The van der Waals surface area contributed by atoms with Crippen LogP contribution in [-0.2, 0) is 19.1 Å². The summed E-state index contributed by atoms with van der Waals surface area (Å²) in [5, 5.41) is 5.74. The molecule has 7 nitrogen and oxygen atoms in total. The molecule has 32 heavy (non-hydrogen) atoms. The molecule has 1 atom stereocenters. The topological polar surface area (TPSA) is 87.7 Å². The van der Waals surface area contributed by atoms with Crippen LogP contribution in [0.1, 0.15) is 51.9 Å². The lowest BCUT2D eigenvalue weighted by molar-refractivity contribution is -0.153. The molecule has 0 radical (unpaired) electrons. The van der Waals surface area contributed by atoms with Gasteiger partial charge in [-0.05, 0) is 87.5 Å². The number of nitrogens with one attached hydrogen (secondary N) is 2. The fraction of sp³-hybridized carbons (Fsp3) is 0.640. The van der Waals surface area contributed by atoms with E-state index >= 15 is 0 Å². The van der Waals surface area contributed by atoms with Crippen LogP contribution < -0.4 is 15.5 Å². The van der Waals surface area contributed by atoms with Gasteiger partial charge in [-0.1, -0.05) is 0 Å². The number of esters is 1. The predicted octanol–water partition coefficient (Wildman–Crippen LogP) is 3.35. The molecule has 5 rings (SSSR count). The number of anilines is 2. The zero-order chi connectivity index (χ0) is 22.9. The molecule has 7 heteroatoms. The number of ether oxygens (including phenoxy) is 1. The van der Waals surface area contributed by atoms with Crippen molar-refractivity contribution < 1.29 is 19.1 Å². The zero-order valence-electron chi connectivity index (χ0n) is 19.4. The van der Waals surface area contributed by atoms with Crippen LogP contribution in [0.5, 0.6) is 0 Å². The Morgan fingerprint density at radius 3 is 2.12 bits per heavy atom. The Morgan fingerprint density at radius 2 is 1.59 bits per heavy atom. The van der Waals surface area contributed by atoms with E-state index in [2.05, 4.69) is 10.6 Å². The van der Waals surface area contributed by atoms with Crippen molar-refractivity contribution in [3.05, 3.63) is 24.3 Å². The molecule has 1 unspecified atom stereocenters. The third-order valence-electron chi connectivity index (χ3n) is 7.46. The predicted molar refractivity (Wildman–Crippen MR) is 123 cm³/mol. The first kappa shape index (κ1) is 22.6. The van der Waals surface area contributed by atoms with Crippen molar-refractivity contribution in [1.82, 2.24) is 5.32 Å². The van der Waals surface area contributed by atoms with Crippen molar-refractivity contribution in [1.29, 1.82) is 0 Å². The monoisotopic (exact) mass is 441 g/mol. The smallest absolute Gasteiger partial charge is 0.308 e. The molecule has 0 heterocycles. The molecule has 0 spiro atoms. The van der Waals surface area contributed by atoms with E-state index in [1.807, 2.05) is 43.3 Å². The van der Waals surface area contributed by atoms with Gasteiger partial charge in [-0.25, -0.2) is 0 Å². The highest BCUT2D eigenvalue weighted by molar-refractivity contribution is 5.95. The molecule has 0 aromatic heterocycles. The highest BCUT2D eigenvalue weighted by Gasteiger charge is 2.54. The van der Waals surface area contributed by atoms with Gasteiger partial charge in [0.15, 0.2) is 6.10 Å². The minimum atomic E-state index is -0.908. The summed E-state index contributed by atoms with van der Waals surface area (Å²) in [5.41, 5.74) is 1.46. The maximum Gasteiger partial charge on any atom is 0.308 e. The zero-order valence-corrected chi connectivity index (χ0v) is 19.4. The fourth-order valence-electron chi connectivity index (χ4n) is 6.25. The van der Waals surface area contributed by atoms with Gasteiger partial charge in [-0.15, -0.1) is 0 Å². The summed E-state index contributed by atoms with van der Waals surface area (Å²) in [5.74, 6) is 1.35. The quantitative estimate of drug-likeness (QED) is 0.604. The molecule has 1 aromatic carbocycles. The van der Waals surface area contributed by atoms with Crippen LogP contribution in [0.2, 0.25) is 0 Å². The lowest BCUT2D eigenvalue weighted by atomic mass is 9.49. The van der Waals surface area contributed by atoms with Gasteiger partial charge in [0, 0.05) is 37.4 Å². The van der Waals surface area contributed by atoms with Crippen molar-refractivity contribution in [3.8, 4) is 0 Å². The third kappa shape index (κ3) is 4.92. The van der Waals surface area contributed by atoms with Gasteiger partial charge in [-0.2, -0.15) is 0 Å². The second-order valence-electron chi connectivity index (χ2n) is 10.3. The summed E-state index contributed by atoms with van der Waals surface area (Å²) in [7, 11) is 3.89. The number of carbonyl (C=O) groups is 3. The normalized spacial score (nSPS) is 28.7. The van der Waals surface area contributed by atoms with Crippen LogP contribution >= 0.6 is 0 Å². The molecular weight excluding hydrogens is 406 g/mol. The molecule has 2 amide bonds. The Bertz CT molecular complexity index is 829. The number of carbonyl (C=O) groups excluding carboxylic acids is 3. The molecule has 0 saturated heterocycles. The average Bonchev–Trinajstić information content (AvgIpc) is 2.73. The molecule has 174 valence electrons. The van der Waals surface area contributed by atoms with E-state index in [9.17, 15) is 14.4 Å². The Hall–Kier alpha value is -2.57. The van der Waals surface area contributed by atoms with Crippen LogP contribution in [0.15, 0.2) is 24.3 Å². The molecule has 4 bridgehead atoms. The van der Waals surface area contributed by atoms with Crippen LogP contribution in [0.4, 0.5) is 11.4 Å². The van der Waals surface area contributed by atoms with Crippen LogP contribution in [0, 0.1) is 23.2 Å². The van der Waals surface area contributed by atoms with E-state index in [1.54, 1.807) is 6.92 Å². The van der Waals surface area contributed by atoms with Crippen molar-refractivity contribution in [3.63, 3.8) is 0 Å². The molecule has 2 N–H and O–H groups in total. The second kappa shape index (κ2) is 9.12. The van der Waals surface area contributed by atoms with Crippen molar-refractivity contribution in [2.24, 2.45) is 23.2 Å². The number of hydrogen-bond acceptors (Lipinski definition) is 5. The van der Waals surface area contributed by atoms with Gasteiger partial charge in [0.1, 0.15) is 0 Å². The van der Waals surface area contributed by atoms with E-state index in [-0.39, 0.29) is 30.2 Å². The summed E-state index contributed by atoms with van der Waals surface area (Å²) in [4.78, 5) is 39.5. The lowest BCUT2D eigenvalue weighted by Crippen LogP contribution is -2.53. The van der Waals surface area contributed by atoms with E-state index < -0.39 is 12.1 Å². The number of benzene rings is 1. The summed E-state index contributed by atoms with van der Waals surface area (Å²) >= 11 is 0. The van der Waals surface area contributed by atoms with Gasteiger partial charge < -0.3 is 20.3 Å². The number of rotatable bonds is 8. The molecule has 4 aliphatic rings. The van der Waals surface area contributed by atoms with Crippen molar-refractivity contribution in [2.75, 3.05) is 30.9 Å². The molecule has 0 aliphatic heterocycles. The SMILES string of the molecule is CC(OC(=O)CCNC(=O)C12CC3CC(CC(C3)C1)C2)C(=O)Nc1ccc(N(C)C)cc1. The summed E-state index contributed by atoms with van der Waals surface area (Å²) in [6, 6.07) is 7.42. The summed E-state index contributed by atoms with van der Waals surface area (Å²) < 4.78 is 5.27. The van der Waals surface area contributed by atoms with Crippen LogP contribution in [0.3, 0.4) is 0 Å². The van der Waals surface area contributed by atoms with Gasteiger partial charge in [0.25, 0.3) is 5.91 Å². The molecule has 1 aromatic rings. The lowest BCUT2D eigenvalue weighted by Gasteiger charge is -2.55. The highest BCUT2D eigenvalue weighted by Crippen LogP contribution is 2.60. The van der Waals surface area contributed by atoms with E-state index in [4.69, 9.17) is 4.74 Å². The minimum absolute atomic E-state index is 0.0628. The summed E-state index contributed by atoms with van der Waals surface area (Å²) in [6.45, 7) is 1.80. The second-order valence-corrected chi connectivity index (χ2v) is 10.3. The molecule has 4 aliphatic carbocycles. The number of amides is 2. The van der Waals surface area contributed by atoms with Gasteiger partial charge in [0.05, 0.1) is 6.42 Å². The number of hydrogen-bond donors (Lipinski definition) is 2. The van der Waals surface area contributed by atoms with Gasteiger partial charge in [-0.3, -0.25) is 14.4 Å². The van der Waals surface area contributed by atoms with E-state index in [0.717, 1.165) is 24.9 Å². The standard InChI is InChI=1S/C25H35N3O4/c1-16(23(30)27-20-4-6-21(7-5-20)28(2)3)32-22(29)8-9-26-24(31)25-13-17-10-18(14-25)12-19(11-17)15-25/h4-7,16-19H,8-15H2,1-3H3,(H,26,31)(H,27,30). The largest absolute Gasteiger partial charge is 0.452 e. The maximum atomic E-state index is 12.9. The fourth-order valence-corrected chi connectivity index (χ4v) is 6.25. The average molecular weight is 442 g/mol. The van der Waals surface area contributed by atoms with Gasteiger partial charge in [0.2, 0.25) is 5.91 Å². The first-order chi connectivity index (χ1) is 15.2. The highest BCUT2D eigenvalue weighted by atomic mass is 16.5. The summed E-state index contributed by atoms with van der Waals surface area (Å²) in [6.07, 6.45) is 6.03. The Kier molecular flexibility index (Phi) is 6.45. The molecular formula is C25H35N3O4. The molecule has 4 fully saturated rings. The Labute approximate surface area is 190 Å². The Morgan fingerprint density at radius 1 is 1.03 bits per heavy atom. The molecule has 4 saturated carbocycles. The third-order valence-corrected chi connectivity index (χ3v) is 7.46. The Balaban J connectivity index is 1.19. The van der Waals surface area contributed by atoms with Crippen LogP contribution in [-0.4, -0.2) is 44.5 Å². The van der Waals surface area contributed by atoms with Crippen molar-refractivity contribution in [2.45, 2.75) is 58.0 Å². The maximum absolute atomic E-state index is 12.9. The number of nitrogens with zero attached hydrogens (tertiary/aromatic N) is 1. The van der Waals surface area contributed by atoms with E-state index in [1.165, 1.54) is 19.3 Å². The van der Waals surface area contributed by atoms with E-state index in [0.29, 0.717) is 23.4 Å². The first-order valence-electron chi connectivity index (χ1n) is 11.8. The van der Waals surface area contributed by atoms with Crippen LogP contribution in [0.25, 0.3) is 0 Å².